The largest absolute Gasteiger partial charge is 0.418 e. The SMILES string of the molecule is CCCNC(CC)c1nnc(-c2scc(C)c2Cl)o1. The van der Waals surface area contributed by atoms with Gasteiger partial charge in [-0.1, -0.05) is 25.4 Å². The molecule has 0 aliphatic rings. The lowest BCUT2D eigenvalue weighted by molar-refractivity contribution is 0.396. The summed E-state index contributed by atoms with van der Waals surface area (Å²) in [7, 11) is 0. The van der Waals surface area contributed by atoms with Crippen molar-refractivity contribution in [1.82, 2.24) is 15.5 Å². The topological polar surface area (TPSA) is 51.0 Å². The van der Waals surface area contributed by atoms with Crippen LogP contribution in [0.1, 0.15) is 44.2 Å². The quantitative estimate of drug-likeness (QED) is 0.868. The molecule has 2 aromatic heterocycles. The molecule has 19 heavy (non-hydrogen) atoms. The number of aromatic nitrogens is 2. The maximum Gasteiger partial charge on any atom is 0.259 e. The maximum absolute atomic E-state index is 6.22. The first-order valence-electron chi connectivity index (χ1n) is 6.48. The smallest absolute Gasteiger partial charge is 0.259 e. The first-order valence-corrected chi connectivity index (χ1v) is 7.73. The van der Waals surface area contributed by atoms with Gasteiger partial charge in [0.15, 0.2) is 0 Å². The van der Waals surface area contributed by atoms with Crippen molar-refractivity contribution in [2.45, 2.75) is 39.7 Å². The van der Waals surface area contributed by atoms with E-state index in [1.807, 2.05) is 12.3 Å². The van der Waals surface area contributed by atoms with Crippen molar-refractivity contribution < 1.29 is 4.42 Å². The van der Waals surface area contributed by atoms with E-state index >= 15 is 0 Å². The summed E-state index contributed by atoms with van der Waals surface area (Å²) in [4.78, 5) is 0.850. The van der Waals surface area contributed by atoms with Crippen LogP contribution in [0.5, 0.6) is 0 Å². The highest BCUT2D eigenvalue weighted by molar-refractivity contribution is 7.14. The molecule has 0 saturated heterocycles. The van der Waals surface area contributed by atoms with Crippen molar-refractivity contribution in [2.75, 3.05) is 6.54 Å². The van der Waals surface area contributed by atoms with Gasteiger partial charge < -0.3 is 9.73 Å². The van der Waals surface area contributed by atoms with E-state index in [9.17, 15) is 0 Å². The fraction of sp³-hybridized carbons (Fsp3) is 0.538. The fourth-order valence-corrected chi connectivity index (χ4v) is 2.96. The molecule has 0 aliphatic heterocycles. The third-order valence-electron chi connectivity index (χ3n) is 2.88. The Morgan fingerprint density at radius 1 is 1.42 bits per heavy atom. The molecule has 1 N–H and O–H groups in total. The van der Waals surface area contributed by atoms with Crippen LogP contribution in [0.3, 0.4) is 0 Å². The van der Waals surface area contributed by atoms with E-state index in [0.717, 1.165) is 29.8 Å². The van der Waals surface area contributed by atoms with Gasteiger partial charge in [-0.15, -0.1) is 21.5 Å². The van der Waals surface area contributed by atoms with Crippen LogP contribution in [0.4, 0.5) is 0 Å². The van der Waals surface area contributed by atoms with Gasteiger partial charge in [-0.25, -0.2) is 0 Å². The Morgan fingerprint density at radius 3 is 2.79 bits per heavy atom. The van der Waals surface area contributed by atoms with Crippen molar-refractivity contribution in [2.24, 2.45) is 0 Å². The molecule has 2 heterocycles. The van der Waals surface area contributed by atoms with E-state index in [0.29, 0.717) is 16.8 Å². The minimum absolute atomic E-state index is 0.112. The van der Waals surface area contributed by atoms with Gasteiger partial charge in [0, 0.05) is 0 Å². The van der Waals surface area contributed by atoms with Crippen LogP contribution in [0, 0.1) is 6.92 Å². The van der Waals surface area contributed by atoms with Crippen LogP contribution in [0.25, 0.3) is 10.8 Å². The zero-order valence-corrected chi connectivity index (χ0v) is 12.9. The van der Waals surface area contributed by atoms with Gasteiger partial charge in [-0.05, 0) is 37.3 Å². The molecule has 2 aromatic rings. The highest BCUT2D eigenvalue weighted by Crippen LogP contribution is 2.36. The molecule has 1 atom stereocenters. The third-order valence-corrected chi connectivity index (χ3v) is 4.57. The van der Waals surface area contributed by atoms with E-state index in [4.69, 9.17) is 16.0 Å². The number of nitrogens with one attached hydrogen (secondary N) is 1. The summed E-state index contributed by atoms with van der Waals surface area (Å²) in [6.45, 7) is 7.14. The molecule has 0 saturated carbocycles. The number of hydrogen-bond acceptors (Lipinski definition) is 5. The average molecular weight is 300 g/mol. The second-order valence-electron chi connectivity index (χ2n) is 4.42. The summed E-state index contributed by atoms with van der Waals surface area (Å²) >= 11 is 7.75. The minimum Gasteiger partial charge on any atom is -0.418 e. The van der Waals surface area contributed by atoms with Crippen molar-refractivity contribution >= 4 is 22.9 Å². The van der Waals surface area contributed by atoms with Gasteiger partial charge in [0.1, 0.15) is 4.88 Å². The molecule has 0 amide bonds. The summed E-state index contributed by atoms with van der Waals surface area (Å²) in [6, 6.07) is 0.112. The number of halogens is 1. The van der Waals surface area contributed by atoms with Gasteiger partial charge in [0.05, 0.1) is 11.1 Å². The van der Waals surface area contributed by atoms with Gasteiger partial charge >= 0.3 is 0 Å². The Kier molecular flexibility index (Phi) is 4.96. The number of rotatable bonds is 6. The highest BCUT2D eigenvalue weighted by atomic mass is 35.5. The average Bonchev–Trinajstić information content (AvgIpc) is 3.00. The zero-order chi connectivity index (χ0) is 13.8. The lowest BCUT2D eigenvalue weighted by atomic mass is 10.2. The molecule has 0 fully saturated rings. The lowest BCUT2D eigenvalue weighted by Gasteiger charge is -2.11. The van der Waals surface area contributed by atoms with Gasteiger partial charge in [-0.3, -0.25) is 0 Å². The number of aryl methyl sites for hydroxylation is 1. The predicted octanol–water partition coefficient (Wildman–Crippen LogP) is 4.21. The molecule has 1 unspecified atom stereocenters. The highest BCUT2D eigenvalue weighted by Gasteiger charge is 2.19. The minimum atomic E-state index is 0.112. The van der Waals surface area contributed by atoms with Crippen molar-refractivity contribution in [3.05, 3.63) is 21.9 Å². The molecule has 104 valence electrons. The van der Waals surface area contributed by atoms with Crippen molar-refractivity contribution in [1.29, 1.82) is 0 Å². The number of thiophene rings is 1. The third kappa shape index (κ3) is 3.16. The summed E-state index contributed by atoms with van der Waals surface area (Å²) in [5.74, 6) is 1.14. The van der Waals surface area contributed by atoms with E-state index in [-0.39, 0.29) is 6.04 Å². The van der Waals surface area contributed by atoms with Crippen LogP contribution >= 0.6 is 22.9 Å². The Balaban J connectivity index is 2.20. The summed E-state index contributed by atoms with van der Waals surface area (Å²) in [5, 5.41) is 14.3. The van der Waals surface area contributed by atoms with Gasteiger partial charge in [0.2, 0.25) is 5.89 Å². The Bertz CT molecular complexity index is 538. The van der Waals surface area contributed by atoms with E-state index < -0.39 is 0 Å². The van der Waals surface area contributed by atoms with Crippen LogP contribution in [0.15, 0.2) is 9.80 Å². The number of nitrogens with zero attached hydrogens (tertiary/aromatic N) is 2. The lowest BCUT2D eigenvalue weighted by Crippen LogP contribution is -2.21. The molecular formula is C13H18ClN3OS. The molecule has 2 rings (SSSR count). The summed E-state index contributed by atoms with van der Waals surface area (Å²) in [6.07, 6.45) is 1.99. The second kappa shape index (κ2) is 6.50. The molecule has 6 heteroatoms. The Morgan fingerprint density at radius 2 is 2.21 bits per heavy atom. The van der Waals surface area contributed by atoms with E-state index in [1.165, 1.54) is 11.3 Å². The van der Waals surface area contributed by atoms with Crippen molar-refractivity contribution in [3.8, 4) is 10.8 Å². The van der Waals surface area contributed by atoms with Crippen LogP contribution in [-0.4, -0.2) is 16.7 Å². The molecular weight excluding hydrogens is 282 g/mol. The van der Waals surface area contributed by atoms with Crippen molar-refractivity contribution in [3.63, 3.8) is 0 Å². The van der Waals surface area contributed by atoms with Crippen LogP contribution in [-0.2, 0) is 0 Å². The van der Waals surface area contributed by atoms with Gasteiger partial charge in [0.25, 0.3) is 5.89 Å². The molecule has 0 spiro atoms. The van der Waals surface area contributed by atoms with Crippen LogP contribution in [0.2, 0.25) is 5.02 Å². The molecule has 0 bridgehead atoms. The summed E-state index contributed by atoms with van der Waals surface area (Å²) in [5.41, 5.74) is 1.04. The zero-order valence-electron chi connectivity index (χ0n) is 11.4. The van der Waals surface area contributed by atoms with E-state index in [1.54, 1.807) is 0 Å². The molecule has 4 nitrogen and oxygen atoms in total. The standard InChI is InChI=1S/C13H18ClN3OS/c1-4-6-15-9(5-2)12-16-17-13(18-12)11-10(14)8(3)7-19-11/h7,9,15H,4-6H2,1-3H3. The molecule has 0 aromatic carbocycles. The predicted molar refractivity (Wildman–Crippen MR) is 78.7 cm³/mol. The fourth-order valence-electron chi connectivity index (χ4n) is 1.77. The van der Waals surface area contributed by atoms with Gasteiger partial charge in [-0.2, -0.15) is 0 Å². The maximum atomic E-state index is 6.22. The summed E-state index contributed by atoms with van der Waals surface area (Å²) < 4.78 is 5.76. The van der Waals surface area contributed by atoms with E-state index in [2.05, 4.69) is 29.4 Å². The van der Waals surface area contributed by atoms with Crippen LogP contribution < -0.4 is 5.32 Å². The molecule has 0 radical (unpaired) electrons. The number of hydrogen-bond donors (Lipinski definition) is 1. The molecule has 0 aliphatic carbocycles. The first-order chi connectivity index (χ1) is 9.17. The first kappa shape index (κ1) is 14.5. The monoisotopic (exact) mass is 299 g/mol. The Labute approximate surface area is 122 Å². The second-order valence-corrected chi connectivity index (χ2v) is 5.68. The Hall–Kier alpha value is -0.910. The normalized spacial score (nSPS) is 12.8.